The molecule has 70 heavy (non-hydrogen) atoms. The van der Waals surface area contributed by atoms with Gasteiger partial charge in [-0.3, -0.25) is 14.5 Å². The number of carbonyl (C=O) groups excluding carboxylic acids is 4. The molecule has 2 aliphatic heterocycles. The number of β-lactam (4-membered cyclic amide) rings is 1. The van der Waals surface area contributed by atoms with Crippen LogP contribution >= 0.6 is 34.9 Å². The van der Waals surface area contributed by atoms with Crippen LogP contribution in [-0.4, -0.2) is 85.5 Å². The van der Waals surface area contributed by atoms with Crippen LogP contribution in [0.5, 0.6) is 0 Å². The van der Waals surface area contributed by atoms with Crippen molar-refractivity contribution in [1.29, 1.82) is 0 Å². The van der Waals surface area contributed by atoms with Gasteiger partial charge in [0, 0.05) is 18.2 Å². The molecule has 9 rings (SSSR count). The third-order valence-electron chi connectivity index (χ3n) is 11.5. The standard InChI is InChI=1S/C52H44N8O7S3/c1-59-51(55-44(57-59)49(64)65-2)68-30-29-35-31-69-47-41(46(62)60(47)42(35)48(63)67-43(33-19-9-4-10-20-33)34-21-11-5-12-22-34)54-45(61)40(58-66-3)39-32-70-50(53-39)56-52(36-23-13-6-14-24-36,37-25-15-7-16-26-37)38-27-17-8-18-28-38/h4-30,32,41,43,47H,31H2,1-3H3,(H,53,56)(H,54,61). The van der Waals surface area contributed by atoms with E-state index in [9.17, 15) is 19.2 Å². The first-order valence-electron chi connectivity index (χ1n) is 21.8. The summed E-state index contributed by atoms with van der Waals surface area (Å²) in [6.45, 7) is 0. The van der Waals surface area contributed by atoms with E-state index in [0.717, 1.165) is 39.6 Å². The minimum absolute atomic E-state index is 0.0286. The van der Waals surface area contributed by atoms with Crippen molar-refractivity contribution in [3.8, 4) is 0 Å². The number of hydrogen-bond acceptors (Lipinski definition) is 15. The number of oxime groups is 1. The zero-order valence-corrected chi connectivity index (χ0v) is 40.3. The lowest BCUT2D eigenvalue weighted by atomic mass is 9.77. The first-order valence-corrected chi connectivity index (χ1v) is 24.6. The van der Waals surface area contributed by atoms with E-state index in [4.69, 9.17) is 19.3 Å². The maximum absolute atomic E-state index is 14.6. The quantitative estimate of drug-likeness (QED) is 0.0224. The molecule has 0 saturated carbocycles. The Morgan fingerprint density at radius 2 is 1.36 bits per heavy atom. The van der Waals surface area contributed by atoms with E-state index in [1.165, 1.54) is 46.9 Å². The van der Waals surface area contributed by atoms with Crippen LogP contribution in [0.3, 0.4) is 0 Å². The van der Waals surface area contributed by atoms with Crippen LogP contribution < -0.4 is 10.6 Å². The second-order valence-corrected chi connectivity index (χ2v) is 18.6. The second-order valence-electron chi connectivity index (χ2n) is 15.7. The summed E-state index contributed by atoms with van der Waals surface area (Å²) in [4.78, 5) is 71.1. The Morgan fingerprint density at radius 3 is 1.90 bits per heavy atom. The molecule has 2 atom stereocenters. The van der Waals surface area contributed by atoms with Crippen LogP contribution in [0, 0.1) is 0 Å². The minimum Gasteiger partial charge on any atom is -0.463 e. The molecule has 4 heterocycles. The normalized spacial score (nSPS) is 15.9. The summed E-state index contributed by atoms with van der Waals surface area (Å²) in [5.74, 6) is -2.48. The molecular formula is C52H44N8O7S3. The lowest BCUT2D eigenvalue weighted by Crippen LogP contribution is -2.71. The van der Waals surface area contributed by atoms with E-state index >= 15 is 0 Å². The van der Waals surface area contributed by atoms with Crippen molar-refractivity contribution in [2.24, 2.45) is 12.2 Å². The highest BCUT2D eigenvalue weighted by atomic mass is 32.2. The molecular weight excluding hydrogens is 945 g/mol. The number of methoxy groups -OCH3 is 1. The maximum Gasteiger partial charge on any atom is 0.377 e. The Morgan fingerprint density at radius 1 is 0.800 bits per heavy atom. The van der Waals surface area contributed by atoms with Gasteiger partial charge in [-0.2, -0.15) is 4.98 Å². The van der Waals surface area contributed by atoms with Crippen molar-refractivity contribution < 1.29 is 33.5 Å². The second kappa shape index (κ2) is 21.2. The van der Waals surface area contributed by atoms with Gasteiger partial charge in [0.25, 0.3) is 17.6 Å². The molecule has 2 aromatic heterocycles. The summed E-state index contributed by atoms with van der Waals surface area (Å²) in [7, 11) is 4.21. The van der Waals surface area contributed by atoms with Gasteiger partial charge < -0.3 is 24.9 Å². The Kier molecular flexibility index (Phi) is 14.3. The first kappa shape index (κ1) is 47.3. The first-order chi connectivity index (χ1) is 34.2. The van der Waals surface area contributed by atoms with E-state index < -0.39 is 46.8 Å². The van der Waals surface area contributed by atoms with Crippen molar-refractivity contribution in [1.82, 2.24) is 30.0 Å². The summed E-state index contributed by atoms with van der Waals surface area (Å²) in [6.07, 6.45) is 0.899. The molecule has 2 unspecified atom stereocenters. The van der Waals surface area contributed by atoms with E-state index in [2.05, 4.69) is 62.3 Å². The number of allylic oxidation sites excluding steroid dienone is 1. The molecule has 2 aliphatic rings. The SMILES string of the molecule is CON=C(C(=O)NC1C(=O)N2C(C(=O)OC(c3ccccc3)c3ccccc3)=C(C=CSc3nc(C(=O)OC)nn3C)CSC12)c1csc(NC(c2ccccc2)(c2ccccc2)c2ccccc2)n1. The number of hydrogen-bond donors (Lipinski definition) is 2. The minimum atomic E-state index is -1.05. The van der Waals surface area contributed by atoms with Gasteiger partial charge in [0.1, 0.15) is 35.5 Å². The predicted octanol–water partition coefficient (Wildman–Crippen LogP) is 8.11. The molecule has 1 fully saturated rings. The molecule has 18 heteroatoms. The third kappa shape index (κ3) is 9.61. The summed E-state index contributed by atoms with van der Waals surface area (Å²) >= 11 is 3.82. The van der Waals surface area contributed by atoms with Gasteiger partial charge >= 0.3 is 11.9 Å². The molecule has 352 valence electrons. The fourth-order valence-electron chi connectivity index (χ4n) is 8.22. The number of amides is 2. The van der Waals surface area contributed by atoms with Crippen molar-refractivity contribution in [2.75, 3.05) is 25.3 Å². The lowest BCUT2D eigenvalue weighted by Gasteiger charge is -2.49. The molecule has 0 bridgehead atoms. The number of ether oxygens (including phenoxy) is 2. The predicted molar refractivity (Wildman–Crippen MR) is 269 cm³/mol. The van der Waals surface area contributed by atoms with Gasteiger partial charge in [0.05, 0.1) is 7.11 Å². The van der Waals surface area contributed by atoms with Gasteiger partial charge in [0.15, 0.2) is 22.1 Å². The van der Waals surface area contributed by atoms with Gasteiger partial charge in [-0.25, -0.2) is 19.3 Å². The maximum atomic E-state index is 14.6. The molecule has 2 amide bonds. The van der Waals surface area contributed by atoms with Crippen LogP contribution in [0.2, 0.25) is 0 Å². The van der Waals surface area contributed by atoms with Crippen LogP contribution in [0.4, 0.5) is 5.13 Å². The molecule has 15 nitrogen and oxygen atoms in total. The molecule has 2 N–H and O–H groups in total. The number of nitrogens with one attached hydrogen (secondary N) is 2. The van der Waals surface area contributed by atoms with E-state index in [1.807, 2.05) is 115 Å². The van der Waals surface area contributed by atoms with Crippen molar-refractivity contribution >= 4 is 69.5 Å². The molecule has 5 aromatic carbocycles. The van der Waals surface area contributed by atoms with Crippen LogP contribution in [0.1, 0.15) is 50.2 Å². The Balaban J connectivity index is 0.992. The molecule has 7 aromatic rings. The molecule has 0 spiro atoms. The number of thioether (sulfide) groups is 2. The number of anilines is 1. The van der Waals surface area contributed by atoms with E-state index in [0.29, 0.717) is 15.9 Å². The average molecular weight is 989 g/mol. The van der Waals surface area contributed by atoms with Crippen LogP contribution in [-0.2, 0) is 41.3 Å². The molecule has 1 saturated heterocycles. The zero-order chi connectivity index (χ0) is 48.6. The van der Waals surface area contributed by atoms with Crippen molar-refractivity contribution in [3.63, 3.8) is 0 Å². The Labute approximate surface area is 415 Å². The fourth-order valence-corrected chi connectivity index (χ4v) is 11.0. The average Bonchev–Trinajstić information content (AvgIpc) is 4.04. The third-order valence-corrected chi connectivity index (χ3v) is 14.4. The molecule has 0 radical (unpaired) electrons. The number of aryl methyl sites for hydroxylation is 1. The number of nitrogens with zero attached hydrogens (tertiary/aromatic N) is 6. The van der Waals surface area contributed by atoms with Crippen LogP contribution in [0.25, 0.3) is 0 Å². The summed E-state index contributed by atoms with van der Waals surface area (Å²) in [5.41, 5.74) is 4.08. The van der Waals surface area contributed by atoms with Gasteiger partial charge in [0.2, 0.25) is 0 Å². The van der Waals surface area contributed by atoms with Gasteiger partial charge in [-0.05, 0) is 44.9 Å². The number of benzene rings is 5. The number of carbonyl (C=O) groups is 4. The van der Waals surface area contributed by atoms with Gasteiger partial charge in [-0.15, -0.1) is 28.2 Å². The van der Waals surface area contributed by atoms with E-state index in [-0.39, 0.29) is 28.7 Å². The fraction of sp³-hybridized carbons (Fsp3) is 0.154. The number of esters is 2. The monoisotopic (exact) mass is 988 g/mol. The highest BCUT2D eigenvalue weighted by Gasteiger charge is 2.55. The zero-order valence-electron chi connectivity index (χ0n) is 37.9. The van der Waals surface area contributed by atoms with Gasteiger partial charge in [-0.1, -0.05) is 169 Å². The number of thiazole rings is 1. The number of aromatic nitrogens is 4. The summed E-state index contributed by atoms with van der Waals surface area (Å²) in [6, 6.07) is 47.8. The lowest BCUT2D eigenvalue weighted by molar-refractivity contribution is -0.154. The highest BCUT2D eigenvalue weighted by Crippen LogP contribution is 2.43. The molecule has 0 aliphatic carbocycles. The van der Waals surface area contributed by atoms with Crippen molar-refractivity contribution in [2.45, 2.75) is 28.2 Å². The Bertz CT molecular complexity index is 2960. The summed E-state index contributed by atoms with van der Waals surface area (Å²) in [5, 5.41) is 18.4. The summed E-state index contributed by atoms with van der Waals surface area (Å²) < 4.78 is 12.5. The highest BCUT2D eigenvalue weighted by molar-refractivity contribution is 8.02. The van der Waals surface area contributed by atoms with E-state index in [1.54, 1.807) is 23.9 Å². The van der Waals surface area contributed by atoms with Crippen molar-refractivity contribution in [3.05, 3.63) is 219 Å². The number of rotatable bonds is 17. The van der Waals surface area contributed by atoms with Crippen LogP contribution in [0.15, 0.2) is 190 Å². The Hall–Kier alpha value is -7.80. The largest absolute Gasteiger partial charge is 0.463 e. The smallest absolute Gasteiger partial charge is 0.377 e. The topological polar surface area (TPSA) is 179 Å². The number of fused-ring (bicyclic) bond motifs is 1.